The van der Waals surface area contributed by atoms with Crippen molar-refractivity contribution >= 4 is 34.1 Å². The zero-order valence-corrected chi connectivity index (χ0v) is 13.9. The van der Waals surface area contributed by atoms with Gasteiger partial charge >= 0.3 is 0 Å². The third kappa shape index (κ3) is 2.08. The maximum absolute atomic E-state index is 12.7. The molecule has 5 nitrogen and oxygen atoms in total. The number of anilines is 1. The highest BCUT2D eigenvalue weighted by atomic mass is 35.5. The molecule has 0 saturated heterocycles. The Morgan fingerprint density at radius 2 is 2.09 bits per heavy atom. The Hall–Kier alpha value is -1.72. The fourth-order valence-electron chi connectivity index (χ4n) is 3.10. The fourth-order valence-corrected chi connectivity index (χ4v) is 3.37. The molecule has 0 fully saturated rings. The van der Waals surface area contributed by atoms with E-state index in [0.717, 1.165) is 22.2 Å². The van der Waals surface area contributed by atoms with Gasteiger partial charge in [0.1, 0.15) is 11.0 Å². The van der Waals surface area contributed by atoms with Gasteiger partial charge in [0, 0.05) is 31.8 Å². The molecule has 0 bridgehead atoms. The fraction of sp³-hybridized carbons (Fsp3) is 0.438. The highest BCUT2D eigenvalue weighted by molar-refractivity contribution is 6.34. The van der Waals surface area contributed by atoms with Crippen LogP contribution in [-0.4, -0.2) is 36.6 Å². The van der Waals surface area contributed by atoms with Gasteiger partial charge in [0.25, 0.3) is 0 Å². The largest absolute Gasteiger partial charge is 0.385 e. The minimum atomic E-state index is -0.598. The lowest BCUT2D eigenvalue weighted by Crippen LogP contribution is -2.36. The smallest absolute Gasteiger partial charge is 0.237 e. The van der Waals surface area contributed by atoms with E-state index in [1.807, 2.05) is 19.1 Å². The molecule has 1 aromatic heterocycles. The molecule has 2 aromatic rings. The summed E-state index contributed by atoms with van der Waals surface area (Å²) in [6.07, 6.45) is 0.628. The first kappa shape index (κ1) is 15.2. The topological polar surface area (TPSA) is 55.3 Å². The Morgan fingerprint density at radius 3 is 2.77 bits per heavy atom. The second-order valence-electron chi connectivity index (χ2n) is 5.89. The van der Waals surface area contributed by atoms with Gasteiger partial charge in [-0.3, -0.25) is 4.79 Å². The normalized spacial score (nSPS) is 20.8. The number of carbonyl (C=O) groups is 1. The third-order valence-corrected chi connectivity index (χ3v) is 4.71. The predicted molar refractivity (Wildman–Crippen MR) is 86.5 cm³/mol. The van der Waals surface area contributed by atoms with Crippen molar-refractivity contribution < 1.29 is 9.53 Å². The summed E-state index contributed by atoms with van der Waals surface area (Å²) in [6.45, 7) is 4.29. The van der Waals surface area contributed by atoms with Crippen LogP contribution in [0.3, 0.4) is 0 Å². The molecule has 1 unspecified atom stereocenters. The summed E-state index contributed by atoms with van der Waals surface area (Å²) >= 11 is 6.23. The molecule has 1 amide bonds. The summed E-state index contributed by atoms with van der Waals surface area (Å²) in [5.74, 6) is 0.685. The van der Waals surface area contributed by atoms with E-state index >= 15 is 0 Å². The number of hydrogen-bond donors (Lipinski definition) is 0. The Bertz CT molecular complexity index is 778. The Morgan fingerprint density at radius 1 is 1.36 bits per heavy atom. The lowest BCUT2D eigenvalue weighted by Gasteiger charge is -2.22. The maximum Gasteiger partial charge on any atom is 0.237 e. The molecule has 0 saturated carbocycles. The number of carbonyl (C=O) groups excluding carboxylic acids is 1. The van der Waals surface area contributed by atoms with E-state index in [9.17, 15) is 4.79 Å². The lowest BCUT2D eigenvalue weighted by atomic mass is 9.80. The summed E-state index contributed by atoms with van der Waals surface area (Å²) in [7, 11) is 3.43. The molecular weight excluding hydrogens is 302 g/mol. The number of benzene rings is 1. The van der Waals surface area contributed by atoms with Crippen LogP contribution in [0.15, 0.2) is 12.1 Å². The molecule has 1 aliphatic heterocycles. The van der Waals surface area contributed by atoms with Crippen molar-refractivity contribution in [2.45, 2.75) is 25.7 Å². The van der Waals surface area contributed by atoms with Crippen molar-refractivity contribution in [1.29, 1.82) is 0 Å². The quantitative estimate of drug-likeness (QED) is 0.816. The van der Waals surface area contributed by atoms with Crippen molar-refractivity contribution in [1.82, 2.24) is 9.97 Å². The number of halogens is 1. The van der Waals surface area contributed by atoms with Gasteiger partial charge in [0.05, 0.1) is 10.9 Å². The van der Waals surface area contributed by atoms with Crippen LogP contribution in [0, 0.1) is 6.92 Å². The SMILES string of the molecule is COCCC1(C)C(=O)N(C)c2cc3c(Cl)nc(C)nc3cc21. The van der Waals surface area contributed by atoms with E-state index < -0.39 is 5.41 Å². The van der Waals surface area contributed by atoms with Crippen LogP contribution in [0.4, 0.5) is 5.69 Å². The standard InChI is InChI=1S/C16H18ClN3O2/c1-9-18-12-8-11-13(7-10(12)14(17)19-9)20(3)15(21)16(11,2)5-6-22-4/h7-8H,5-6H2,1-4H3. The zero-order chi connectivity index (χ0) is 16.1. The summed E-state index contributed by atoms with van der Waals surface area (Å²) in [5, 5.41) is 1.18. The summed E-state index contributed by atoms with van der Waals surface area (Å²) < 4.78 is 5.18. The van der Waals surface area contributed by atoms with Gasteiger partial charge in [-0.2, -0.15) is 0 Å². The number of aromatic nitrogens is 2. The average Bonchev–Trinajstić information content (AvgIpc) is 2.66. The van der Waals surface area contributed by atoms with Gasteiger partial charge < -0.3 is 9.64 Å². The van der Waals surface area contributed by atoms with Crippen molar-refractivity contribution in [2.24, 2.45) is 0 Å². The number of hydrogen-bond acceptors (Lipinski definition) is 4. The van der Waals surface area contributed by atoms with E-state index in [1.54, 1.807) is 26.0 Å². The molecule has 2 heterocycles. The van der Waals surface area contributed by atoms with Crippen molar-refractivity contribution in [3.8, 4) is 0 Å². The van der Waals surface area contributed by atoms with E-state index in [0.29, 0.717) is 24.0 Å². The molecular formula is C16H18ClN3O2. The first-order valence-corrected chi connectivity index (χ1v) is 7.52. The second kappa shape index (κ2) is 5.18. The zero-order valence-electron chi connectivity index (χ0n) is 13.1. The van der Waals surface area contributed by atoms with Gasteiger partial charge in [0.2, 0.25) is 5.91 Å². The Balaban J connectivity index is 2.25. The van der Waals surface area contributed by atoms with Gasteiger partial charge in [-0.05, 0) is 38.0 Å². The van der Waals surface area contributed by atoms with Crippen LogP contribution in [0.5, 0.6) is 0 Å². The van der Waals surface area contributed by atoms with E-state index in [1.165, 1.54) is 0 Å². The third-order valence-electron chi connectivity index (χ3n) is 4.42. The number of fused-ring (bicyclic) bond motifs is 2. The van der Waals surface area contributed by atoms with Crippen LogP contribution in [-0.2, 0) is 14.9 Å². The number of nitrogens with zero attached hydrogens (tertiary/aromatic N) is 3. The number of ether oxygens (including phenoxy) is 1. The molecule has 1 atom stereocenters. The monoisotopic (exact) mass is 319 g/mol. The molecule has 116 valence electrons. The highest BCUT2D eigenvalue weighted by Gasteiger charge is 2.46. The Kier molecular flexibility index (Phi) is 3.57. The van der Waals surface area contributed by atoms with Gasteiger partial charge in [-0.25, -0.2) is 9.97 Å². The van der Waals surface area contributed by atoms with E-state index in [-0.39, 0.29) is 5.91 Å². The minimum Gasteiger partial charge on any atom is -0.385 e. The summed E-state index contributed by atoms with van der Waals surface area (Å²) in [5.41, 5.74) is 2.01. The molecule has 1 aromatic carbocycles. The first-order chi connectivity index (χ1) is 10.4. The molecule has 0 aliphatic carbocycles. The van der Waals surface area contributed by atoms with Gasteiger partial charge in [-0.15, -0.1) is 0 Å². The van der Waals surface area contributed by atoms with Gasteiger partial charge in [0.15, 0.2) is 0 Å². The van der Waals surface area contributed by atoms with Crippen LogP contribution < -0.4 is 4.90 Å². The number of aryl methyl sites for hydroxylation is 1. The van der Waals surface area contributed by atoms with Crippen LogP contribution >= 0.6 is 11.6 Å². The van der Waals surface area contributed by atoms with Crippen molar-refractivity contribution in [3.05, 3.63) is 28.7 Å². The van der Waals surface area contributed by atoms with E-state index in [4.69, 9.17) is 16.3 Å². The Labute approximate surface area is 134 Å². The average molecular weight is 320 g/mol. The summed E-state index contributed by atoms with van der Waals surface area (Å²) in [6, 6.07) is 3.87. The van der Waals surface area contributed by atoms with E-state index in [2.05, 4.69) is 9.97 Å². The number of likely N-dealkylation sites (N-methyl/N-ethyl adjacent to an activating group) is 1. The maximum atomic E-state index is 12.7. The highest BCUT2D eigenvalue weighted by Crippen LogP contribution is 2.45. The second-order valence-corrected chi connectivity index (χ2v) is 6.25. The van der Waals surface area contributed by atoms with Crippen molar-refractivity contribution in [3.63, 3.8) is 0 Å². The minimum absolute atomic E-state index is 0.0654. The van der Waals surface area contributed by atoms with Gasteiger partial charge in [-0.1, -0.05) is 11.6 Å². The number of methoxy groups -OCH3 is 1. The molecule has 0 radical (unpaired) electrons. The first-order valence-electron chi connectivity index (χ1n) is 7.14. The number of amides is 1. The molecule has 22 heavy (non-hydrogen) atoms. The molecule has 0 N–H and O–H groups in total. The van der Waals surface area contributed by atoms with Crippen LogP contribution in [0.2, 0.25) is 5.15 Å². The molecule has 1 aliphatic rings. The van der Waals surface area contributed by atoms with Crippen LogP contribution in [0.1, 0.15) is 24.7 Å². The number of rotatable bonds is 3. The predicted octanol–water partition coefficient (Wildman–Crippen LogP) is 2.86. The molecule has 0 spiro atoms. The lowest BCUT2D eigenvalue weighted by molar-refractivity contribution is -0.122. The summed E-state index contributed by atoms with van der Waals surface area (Å²) in [4.78, 5) is 23.0. The van der Waals surface area contributed by atoms with Crippen LogP contribution in [0.25, 0.3) is 10.9 Å². The molecule has 6 heteroatoms. The van der Waals surface area contributed by atoms with Crippen molar-refractivity contribution in [2.75, 3.05) is 25.7 Å². The molecule has 3 rings (SSSR count).